The standard InChI is InChI=1S/C14H15IN2O2S2/c1-21(18,19)14-6-5-9(8-16-14)17-11-3-2-4-12-10(11)7-13(15)20-12/h5-8,11,17H,2-4H2,1H3. The number of pyridine rings is 1. The van der Waals surface area contributed by atoms with Crippen LogP contribution < -0.4 is 5.32 Å². The summed E-state index contributed by atoms with van der Waals surface area (Å²) < 4.78 is 24.2. The topological polar surface area (TPSA) is 59.1 Å². The lowest BCUT2D eigenvalue weighted by Crippen LogP contribution is -2.15. The molecule has 3 rings (SSSR count). The highest BCUT2D eigenvalue weighted by molar-refractivity contribution is 14.1. The zero-order valence-electron chi connectivity index (χ0n) is 11.5. The van der Waals surface area contributed by atoms with Crippen molar-refractivity contribution < 1.29 is 8.42 Å². The van der Waals surface area contributed by atoms with Crippen LogP contribution in [0, 0.1) is 2.88 Å². The Morgan fingerprint density at radius 2 is 2.24 bits per heavy atom. The molecule has 0 amide bonds. The number of sulfone groups is 1. The molecule has 2 aromatic heterocycles. The minimum atomic E-state index is -3.24. The van der Waals surface area contributed by atoms with Gasteiger partial charge in [-0.25, -0.2) is 13.4 Å². The molecule has 2 aromatic rings. The van der Waals surface area contributed by atoms with Crippen molar-refractivity contribution in [3.8, 4) is 0 Å². The number of rotatable bonds is 3. The third-order valence-corrected chi connectivity index (χ3v) is 6.51. The van der Waals surface area contributed by atoms with Crippen LogP contribution in [0.4, 0.5) is 5.69 Å². The molecule has 0 bridgehead atoms. The fourth-order valence-electron chi connectivity index (χ4n) is 2.56. The number of hydrogen-bond acceptors (Lipinski definition) is 5. The van der Waals surface area contributed by atoms with Gasteiger partial charge in [0, 0.05) is 11.1 Å². The maximum absolute atomic E-state index is 11.4. The van der Waals surface area contributed by atoms with Gasteiger partial charge in [0.05, 0.1) is 20.8 Å². The summed E-state index contributed by atoms with van der Waals surface area (Å²) >= 11 is 4.23. The number of halogens is 1. The number of fused-ring (bicyclic) bond motifs is 1. The number of nitrogens with zero attached hydrogens (tertiary/aromatic N) is 1. The molecule has 0 aromatic carbocycles. The lowest BCUT2D eigenvalue weighted by Gasteiger charge is -2.24. The normalized spacial score (nSPS) is 18.3. The van der Waals surface area contributed by atoms with E-state index >= 15 is 0 Å². The summed E-state index contributed by atoms with van der Waals surface area (Å²) in [4.78, 5) is 5.49. The average Bonchev–Trinajstić information content (AvgIpc) is 2.80. The highest BCUT2D eigenvalue weighted by atomic mass is 127. The summed E-state index contributed by atoms with van der Waals surface area (Å²) in [7, 11) is -3.24. The molecular formula is C14H15IN2O2S2. The van der Waals surface area contributed by atoms with Gasteiger partial charge in [-0.15, -0.1) is 11.3 Å². The Balaban J connectivity index is 1.81. The van der Waals surface area contributed by atoms with Crippen molar-refractivity contribution in [2.24, 2.45) is 0 Å². The minimum Gasteiger partial charge on any atom is -0.377 e. The van der Waals surface area contributed by atoms with Gasteiger partial charge in [0.15, 0.2) is 14.9 Å². The van der Waals surface area contributed by atoms with E-state index in [0.717, 1.165) is 18.5 Å². The summed E-state index contributed by atoms with van der Waals surface area (Å²) in [5.74, 6) is 0. The number of aryl methyl sites for hydroxylation is 1. The van der Waals surface area contributed by atoms with Crippen LogP contribution in [0.15, 0.2) is 29.4 Å². The van der Waals surface area contributed by atoms with E-state index in [0.29, 0.717) is 6.04 Å². The summed E-state index contributed by atoms with van der Waals surface area (Å²) in [5, 5.41) is 3.59. The van der Waals surface area contributed by atoms with Gasteiger partial charge in [-0.05, 0) is 65.6 Å². The molecule has 0 fully saturated rings. The van der Waals surface area contributed by atoms with Crippen molar-refractivity contribution in [2.75, 3.05) is 11.6 Å². The molecule has 0 radical (unpaired) electrons. The third-order valence-electron chi connectivity index (χ3n) is 3.54. The molecule has 7 heteroatoms. The first kappa shape index (κ1) is 15.2. The molecule has 0 aliphatic heterocycles. The SMILES string of the molecule is CS(=O)(=O)c1ccc(NC2CCCc3sc(I)cc32)cn1. The molecule has 4 nitrogen and oxygen atoms in total. The van der Waals surface area contributed by atoms with Crippen LogP contribution in [0.1, 0.15) is 29.3 Å². The Hall–Kier alpha value is -0.670. The van der Waals surface area contributed by atoms with Gasteiger partial charge in [-0.1, -0.05) is 0 Å². The van der Waals surface area contributed by atoms with Crippen molar-refractivity contribution in [3.05, 3.63) is 37.7 Å². The first-order valence-electron chi connectivity index (χ1n) is 6.64. The molecular weight excluding hydrogens is 419 g/mol. The average molecular weight is 434 g/mol. The molecule has 2 heterocycles. The van der Waals surface area contributed by atoms with E-state index in [-0.39, 0.29) is 5.03 Å². The highest BCUT2D eigenvalue weighted by Crippen LogP contribution is 2.37. The molecule has 1 aliphatic rings. The number of thiophene rings is 1. The second-order valence-corrected chi connectivity index (χ2v) is 10.2. The summed E-state index contributed by atoms with van der Waals surface area (Å²) in [5.41, 5.74) is 2.24. The van der Waals surface area contributed by atoms with Crippen molar-refractivity contribution in [1.82, 2.24) is 4.98 Å². The van der Waals surface area contributed by atoms with Gasteiger partial charge in [-0.3, -0.25) is 0 Å². The van der Waals surface area contributed by atoms with Gasteiger partial charge in [0.25, 0.3) is 0 Å². The van der Waals surface area contributed by atoms with Gasteiger partial charge >= 0.3 is 0 Å². The first-order chi connectivity index (χ1) is 9.93. The van der Waals surface area contributed by atoms with Gasteiger partial charge in [-0.2, -0.15) is 0 Å². The Morgan fingerprint density at radius 3 is 2.90 bits per heavy atom. The summed E-state index contributed by atoms with van der Waals surface area (Å²) in [6.45, 7) is 0. The van der Waals surface area contributed by atoms with Crippen LogP contribution in [-0.4, -0.2) is 19.7 Å². The van der Waals surface area contributed by atoms with E-state index in [1.807, 2.05) is 11.3 Å². The van der Waals surface area contributed by atoms with Gasteiger partial charge in [0.1, 0.15) is 0 Å². The molecule has 0 saturated heterocycles. The highest BCUT2D eigenvalue weighted by Gasteiger charge is 2.22. The van der Waals surface area contributed by atoms with E-state index in [9.17, 15) is 8.42 Å². The molecule has 0 saturated carbocycles. The van der Waals surface area contributed by atoms with Crippen molar-refractivity contribution in [3.63, 3.8) is 0 Å². The number of anilines is 1. The molecule has 1 aliphatic carbocycles. The van der Waals surface area contributed by atoms with Crippen LogP contribution >= 0.6 is 33.9 Å². The smallest absolute Gasteiger partial charge is 0.192 e. The largest absolute Gasteiger partial charge is 0.377 e. The quantitative estimate of drug-likeness (QED) is 0.750. The number of hydrogen-bond donors (Lipinski definition) is 1. The Labute approximate surface area is 142 Å². The molecule has 1 N–H and O–H groups in total. The second kappa shape index (κ2) is 5.85. The Bertz CT molecular complexity index is 754. The van der Waals surface area contributed by atoms with Crippen molar-refractivity contribution in [1.29, 1.82) is 0 Å². The molecule has 1 unspecified atom stereocenters. The lowest BCUT2D eigenvalue weighted by molar-refractivity contribution is 0.598. The van der Waals surface area contributed by atoms with Gasteiger partial charge in [0.2, 0.25) is 0 Å². The number of nitrogens with one attached hydrogen (secondary N) is 1. The summed E-state index contributed by atoms with van der Waals surface area (Å²) in [6.07, 6.45) is 6.20. The monoisotopic (exact) mass is 434 g/mol. The third kappa shape index (κ3) is 3.40. The van der Waals surface area contributed by atoms with Crippen LogP contribution in [-0.2, 0) is 16.3 Å². The minimum absolute atomic E-state index is 0.113. The number of aromatic nitrogens is 1. The molecule has 1 atom stereocenters. The molecule has 0 spiro atoms. The predicted octanol–water partition coefficient (Wildman–Crippen LogP) is 3.64. The van der Waals surface area contributed by atoms with Crippen LogP contribution in [0.2, 0.25) is 0 Å². The van der Waals surface area contributed by atoms with E-state index in [4.69, 9.17) is 0 Å². The zero-order valence-corrected chi connectivity index (χ0v) is 15.3. The van der Waals surface area contributed by atoms with E-state index in [2.05, 4.69) is 39.0 Å². The Kier molecular flexibility index (Phi) is 4.24. The van der Waals surface area contributed by atoms with Crippen LogP contribution in [0.5, 0.6) is 0 Å². The van der Waals surface area contributed by atoms with E-state index < -0.39 is 9.84 Å². The second-order valence-electron chi connectivity index (χ2n) is 5.18. The first-order valence-corrected chi connectivity index (χ1v) is 10.4. The van der Waals surface area contributed by atoms with Gasteiger partial charge < -0.3 is 5.32 Å². The summed E-state index contributed by atoms with van der Waals surface area (Å²) in [6, 6.07) is 5.88. The van der Waals surface area contributed by atoms with Crippen molar-refractivity contribution in [2.45, 2.75) is 30.3 Å². The fraction of sp³-hybridized carbons (Fsp3) is 0.357. The van der Waals surface area contributed by atoms with E-state index in [1.165, 1.54) is 26.0 Å². The maximum atomic E-state index is 11.4. The van der Waals surface area contributed by atoms with Crippen LogP contribution in [0.3, 0.4) is 0 Å². The van der Waals surface area contributed by atoms with Crippen LogP contribution in [0.25, 0.3) is 0 Å². The lowest BCUT2D eigenvalue weighted by atomic mass is 9.94. The van der Waals surface area contributed by atoms with Crippen molar-refractivity contribution >= 4 is 49.5 Å². The molecule has 112 valence electrons. The van der Waals surface area contributed by atoms with E-state index in [1.54, 1.807) is 18.3 Å². The fourth-order valence-corrected chi connectivity index (χ4v) is 5.24. The Morgan fingerprint density at radius 1 is 1.43 bits per heavy atom. The maximum Gasteiger partial charge on any atom is 0.192 e. The zero-order chi connectivity index (χ0) is 15.0. The molecule has 21 heavy (non-hydrogen) atoms. The predicted molar refractivity (Wildman–Crippen MR) is 93.7 cm³/mol.